The van der Waals surface area contributed by atoms with Crippen LogP contribution < -0.4 is 0 Å². The minimum absolute atomic E-state index is 0.0368. The molecule has 0 N–H and O–H groups in total. The predicted octanol–water partition coefficient (Wildman–Crippen LogP) is 2.93. The predicted molar refractivity (Wildman–Crippen MR) is 58.2 cm³/mol. The second kappa shape index (κ2) is 2.74. The molecule has 4 aliphatic rings. The fraction of sp³-hybridized carbons (Fsp3) is 0.923. The highest BCUT2D eigenvalue weighted by molar-refractivity contribution is 5.37. The van der Waals surface area contributed by atoms with Crippen molar-refractivity contribution in [2.24, 2.45) is 28.2 Å². The number of isocyanates is 1. The lowest BCUT2D eigenvalue weighted by Crippen LogP contribution is -2.55. The Balaban J connectivity index is 1.86. The lowest BCUT2D eigenvalue weighted by molar-refractivity contribution is -0.114. The molecule has 1 unspecified atom stereocenters. The van der Waals surface area contributed by atoms with Crippen molar-refractivity contribution in [2.75, 3.05) is 0 Å². The molecule has 0 spiro atoms. The van der Waals surface area contributed by atoms with Crippen LogP contribution in [0.3, 0.4) is 0 Å². The standard InChI is InChI=1S/C13H19NO/c1-12(2)9-3-4-10(11(12)7-9)13(5-6-13)14-8-15/h9-11H,3-7H2,1-2H3/t9-,10?,11-/m0/s1. The van der Waals surface area contributed by atoms with Crippen LogP contribution in [0.1, 0.15) is 46.0 Å². The van der Waals surface area contributed by atoms with E-state index >= 15 is 0 Å². The smallest absolute Gasteiger partial charge is 0.211 e. The molecule has 0 aromatic heterocycles. The molecule has 0 radical (unpaired) electrons. The topological polar surface area (TPSA) is 29.4 Å². The molecule has 0 heterocycles. The quantitative estimate of drug-likeness (QED) is 0.503. The first-order valence-corrected chi connectivity index (χ1v) is 6.19. The molecule has 2 heteroatoms. The third kappa shape index (κ3) is 1.12. The lowest BCUT2D eigenvalue weighted by atomic mass is 9.44. The lowest BCUT2D eigenvalue weighted by Gasteiger charge is -2.61. The number of nitrogens with zero attached hydrogens (tertiary/aromatic N) is 1. The van der Waals surface area contributed by atoms with Gasteiger partial charge in [0, 0.05) is 0 Å². The van der Waals surface area contributed by atoms with E-state index in [4.69, 9.17) is 0 Å². The van der Waals surface area contributed by atoms with Gasteiger partial charge in [0.05, 0.1) is 5.54 Å². The van der Waals surface area contributed by atoms with Gasteiger partial charge in [-0.25, -0.2) is 4.79 Å². The van der Waals surface area contributed by atoms with E-state index in [0.717, 1.165) is 24.7 Å². The highest BCUT2D eigenvalue weighted by atomic mass is 16.1. The zero-order valence-electron chi connectivity index (χ0n) is 9.62. The van der Waals surface area contributed by atoms with Gasteiger partial charge in [-0.05, 0) is 55.3 Å². The van der Waals surface area contributed by atoms with Crippen LogP contribution in [0, 0.1) is 23.2 Å². The van der Waals surface area contributed by atoms with Crippen molar-refractivity contribution in [3.05, 3.63) is 0 Å². The Morgan fingerprint density at radius 2 is 1.93 bits per heavy atom. The van der Waals surface area contributed by atoms with Crippen molar-refractivity contribution in [2.45, 2.75) is 51.5 Å². The van der Waals surface area contributed by atoms with Gasteiger partial charge in [0.25, 0.3) is 0 Å². The summed E-state index contributed by atoms with van der Waals surface area (Å²) in [5, 5.41) is 0. The molecule has 0 amide bonds. The van der Waals surface area contributed by atoms with E-state index in [2.05, 4.69) is 18.8 Å². The van der Waals surface area contributed by atoms with Crippen LogP contribution in [0.4, 0.5) is 0 Å². The Kier molecular flexibility index (Phi) is 1.75. The van der Waals surface area contributed by atoms with E-state index in [-0.39, 0.29) is 5.54 Å². The molecule has 2 bridgehead atoms. The van der Waals surface area contributed by atoms with E-state index in [1.165, 1.54) is 19.3 Å². The van der Waals surface area contributed by atoms with Gasteiger partial charge in [-0.15, -0.1) is 0 Å². The third-order valence-corrected chi connectivity index (χ3v) is 5.58. The average Bonchev–Trinajstić information content (AvgIpc) is 2.99. The summed E-state index contributed by atoms with van der Waals surface area (Å²) in [6.45, 7) is 4.80. The summed E-state index contributed by atoms with van der Waals surface area (Å²) < 4.78 is 0. The van der Waals surface area contributed by atoms with E-state index in [1.54, 1.807) is 0 Å². The van der Waals surface area contributed by atoms with Gasteiger partial charge in [0.15, 0.2) is 0 Å². The minimum atomic E-state index is 0.0368. The molecule has 4 aliphatic carbocycles. The Morgan fingerprint density at radius 1 is 1.20 bits per heavy atom. The highest BCUT2D eigenvalue weighted by Crippen LogP contribution is 2.67. The van der Waals surface area contributed by atoms with Gasteiger partial charge in [-0.1, -0.05) is 13.8 Å². The van der Waals surface area contributed by atoms with Crippen LogP contribution in [0.2, 0.25) is 0 Å². The van der Waals surface area contributed by atoms with Crippen molar-refractivity contribution in [3.8, 4) is 0 Å². The maximum absolute atomic E-state index is 10.5. The Bertz CT molecular complexity index is 334. The average molecular weight is 205 g/mol. The van der Waals surface area contributed by atoms with E-state index < -0.39 is 0 Å². The SMILES string of the molecule is CC1(C)[C@H]2CCC(C3(N=C=O)CC3)[C@@H]1C2. The maximum Gasteiger partial charge on any atom is 0.235 e. The fourth-order valence-electron chi connectivity index (χ4n) is 4.24. The van der Waals surface area contributed by atoms with Crippen molar-refractivity contribution >= 4 is 6.08 Å². The van der Waals surface area contributed by atoms with Gasteiger partial charge in [0.1, 0.15) is 0 Å². The molecular weight excluding hydrogens is 186 g/mol. The fourth-order valence-corrected chi connectivity index (χ4v) is 4.24. The first-order chi connectivity index (χ1) is 7.10. The van der Waals surface area contributed by atoms with Gasteiger partial charge in [0.2, 0.25) is 6.08 Å². The first kappa shape index (κ1) is 9.59. The normalized spacial score (nSPS) is 43.7. The molecule has 4 saturated carbocycles. The van der Waals surface area contributed by atoms with Gasteiger partial charge in [-0.3, -0.25) is 0 Å². The molecule has 82 valence electrons. The summed E-state index contributed by atoms with van der Waals surface area (Å²) in [6, 6.07) is 0. The summed E-state index contributed by atoms with van der Waals surface area (Å²) in [4.78, 5) is 14.6. The summed E-state index contributed by atoms with van der Waals surface area (Å²) in [5.41, 5.74) is 0.548. The number of rotatable bonds is 2. The second-order valence-electron chi connectivity index (χ2n) is 6.35. The molecule has 0 aromatic carbocycles. The molecule has 4 rings (SSSR count). The summed E-state index contributed by atoms with van der Waals surface area (Å²) in [6.07, 6.45) is 8.10. The molecular formula is C13H19NO. The molecule has 0 aliphatic heterocycles. The van der Waals surface area contributed by atoms with Crippen molar-refractivity contribution < 1.29 is 4.79 Å². The van der Waals surface area contributed by atoms with Crippen molar-refractivity contribution in [3.63, 3.8) is 0 Å². The van der Waals surface area contributed by atoms with Gasteiger partial charge >= 0.3 is 0 Å². The zero-order chi connectivity index (χ0) is 10.7. The Morgan fingerprint density at radius 3 is 2.40 bits per heavy atom. The Hall–Kier alpha value is -0.620. The van der Waals surface area contributed by atoms with Crippen molar-refractivity contribution in [1.82, 2.24) is 0 Å². The van der Waals surface area contributed by atoms with Gasteiger partial charge < -0.3 is 0 Å². The van der Waals surface area contributed by atoms with Crippen LogP contribution >= 0.6 is 0 Å². The molecule has 0 saturated heterocycles. The maximum atomic E-state index is 10.5. The monoisotopic (exact) mass is 205 g/mol. The van der Waals surface area contributed by atoms with E-state index in [0.29, 0.717) is 11.3 Å². The largest absolute Gasteiger partial charge is 0.235 e. The molecule has 3 atom stereocenters. The minimum Gasteiger partial charge on any atom is -0.211 e. The van der Waals surface area contributed by atoms with Crippen LogP contribution in [0.25, 0.3) is 0 Å². The zero-order valence-corrected chi connectivity index (χ0v) is 9.62. The van der Waals surface area contributed by atoms with Gasteiger partial charge in [-0.2, -0.15) is 4.99 Å². The van der Waals surface area contributed by atoms with Crippen LogP contribution in [-0.2, 0) is 4.79 Å². The first-order valence-electron chi connectivity index (χ1n) is 6.19. The molecule has 15 heavy (non-hydrogen) atoms. The number of hydrogen-bond acceptors (Lipinski definition) is 2. The third-order valence-electron chi connectivity index (χ3n) is 5.58. The van der Waals surface area contributed by atoms with Crippen molar-refractivity contribution in [1.29, 1.82) is 0 Å². The number of hydrogen-bond donors (Lipinski definition) is 0. The van der Waals surface area contributed by atoms with Crippen LogP contribution in [-0.4, -0.2) is 11.6 Å². The number of fused-ring (bicyclic) bond motifs is 2. The summed E-state index contributed by atoms with van der Waals surface area (Å²) >= 11 is 0. The second-order valence-corrected chi connectivity index (χ2v) is 6.35. The van der Waals surface area contributed by atoms with Crippen LogP contribution in [0.15, 0.2) is 4.99 Å². The number of carbonyl (C=O) groups excluding carboxylic acids is 1. The van der Waals surface area contributed by atoms with E-state index in [1.807, 2.05) is 6.08 Å². The molecule has 2 nitrogen and oxygen atoms in total. The molecule has 4 fully saturated rings. The molecule has 0 aromatic rings. The van der Waals surface area contributed by atoms with Crippen LogP contribution in [0.5, 0.6) is 0 Å². The number of aliphatic imine (C=N–C) groups is 1. The Labute approximate surface area is 91.2 Å². The highest BCUT2D eigenvalue weighted by Gasteiger charge is 2.62. The van der Waals surface area contributed by atoms with E-state index in [9.17, 15) is 4.79 Å². The summed E-state index contributed by atoms with van der Waals surface area (Å²) in [5.74, 6) is 2.43. The summed E-state index contributed by atoms with van der Waals surface area (Å²) in [7, 11) is 0.